The molecule has 0 aromatic heterocycles. The zero-order chi connectivity index (χ0) is 14.0. The van der Waals surface area contributed by atoms with E-state index in [2.05, 4.69) is 13.8 Å². The molecule has 0 amide bonds. The van der Waals surface area contributed by atoms with Crippen LogP contribution in [0.4, 0.5) is 4.39 Å². The van der Waals surface area contributed by atoms with E-state index in [-0.39, 0.29) is 17.1 Å². The molecular formula is C16H24FNO. The predicted molar refractivity (Wildman–Crippen MR) is 75.6 cm³/mol. The summed E-state index contributed by atoms with van der Waals surface area (Å²) in [4.78, 5) is 0. The van der Waals surface area contributed by atoms with Crippen molar-refractivity contribution < 1.29 is 9.13 Å². The molecule has 2 nitrogen and oxygen atoms in total. The van der Waals surface area contributed by atoms with Crippen molar-refractivity contribution in [3.8, 4) is 5.75 Å². The summed E-state index contributed by atoms with van der Waals surface area (Å²) in [6, 6.07) is 5.13. The minimum absolute atomic E-state index is 0.281. The van der Waals surface area contributed by atoms with Crippen LogP contribution in [-0.2, 0) is 5.54 Å². The first-order valence-electron chi connectivity index (χ1n) is 7.09. The summed E-state index contributed by atoms with van der Waals surface area (Å²) < 4.78 is 18.8. The van der Waals surface area contributed by atoms with E-state index in [9.17, 15) is 4.39 Å². The van der Waals surface area contributed by atoms with Crippen LogP contribution in [0.3, 0.4) is 0 Å². The number of hydrogen-bond acceptors (Lipinski definition) is 2. The largest absolute Gasteiger partial charge is 0.494 e. The normalized spacial score (nSPS) is 27.6. The third-order valence-electron chi connectivity index (χ3n) is 4.49. The number of hydrogen-bond donors (Lipinski definition) is 1. The van der Waals surface area contributed by atoms with E-state index in [0.29, 0.717) is 11.8 Å². The van der Waals surface area contributed by atoms with Gasteiger partial charge in [0.1, 0.15) is 0 Å². The van der Waals surface area contributed by atoms with Gasteiger partial charge in [-0.25, -0.2) is 4.39 Å². The SMILES string of the molecule is COc1ccc(C2(N)CCCC(C(C)C)C2)cc1F. The van der Waals surface area contributed by atoms with Gasteiger partial charge in [-0.3, -0.25) is 0 Å². The van der Waals surface area contributed by atoms with Crippen LogP contribution in [0.25, 0.3) is 0 Å². The molecular weight excluding hydrogens is 241 g/mol. The third kappa shape index (κ3) is 2.92. The maximum atomic E-state index is 13.9. The fraction of sp³-hybridized carbons (Fsp3) is 0.625. The van der Waals surface area contributed by atoms with Gasteiger partial charge in [-0.1, -0.05) is 32.8 Å². The molecule has 1 fully saturated rings. The van der Waals surface area contributed by atoms with Crippen molar-refractivity contribution in [2.24, 2.45) is 17.6 Å². The van der Waals surface area contributed by atoms with Crippen molar-refractivity contribution in [3.63, 3.8) is 0 Å². The summed E-state index contributed by atoms with van der Waals surface area (Å²) >= 11 is 0. The van der Waals surface area contributed by atoms with Gasteiger partial charge in [0.2, 0.25) is 0 Å². The highest BCUT2D eigenvalue weighted by molar-refractivity contribution is 5.33. The Kier molecular flexibility index (Phi) is 4.14. The summed E-state index contributed by atoms with van der Waals surface area (Å²) in [5.74, 6) is 1.22. The van der Waals surface area contributed by atoms with Crippen molar-refractivity contribution in [1.82, 2.24) is 0 Å². The molecule has 1 aromatic carbocycles. The van der Waals surface area contributed by atoms with Crippen molar-refractivity contribution in [2.75, 3.05) is 7.11 Å². The van der Waals surface area contributed by atoms with Gasteiger partial charge in [0.25, 0.3) is 0 Å². The average molecular weight is 265 g/mol. The lowest BCUT2D eigenvalue weighted by atomic mass is 9.69. The monoisotopic (exact) mass is 265 g/mol. The van der Waals surface area contributed by atoms with Crippen molar-refractivity contribution >= 4 is 0 Å². The molecule has 0 heterocycles. The highest BCUT2D eigenvalue weighted by Crippen LogP contribution is 2.41. The molecule has 2 rings (SSSR count). The second kappa shape index (κ2) is 5.49. The van der Waals surface area contributed by atoms with Gasteiger partial charge in [0.15, 0.2) is 11.6 Å². The molecule has 2 unspecified atom stereocenters. The summed E-state index contributed by atoms with van der Waals surface area (Å²) in [5, 5.41) is 0. The maximum Gasteiger partial charge on any atom is 0.165 e. The van der Waals surface area contributed by atoms with Gasteiger partial charge in [-0.05, 0) is 42.4 Å². The molecule has 0 radical (unpaired) electrons. The molecule has 2 atom stereocenters. The van der Waals surface area contributed by atoms with E-state index < -0.39 is 0 Å². The van der Waals surface area contributed by atoms with Crippen molar-refractivity contribution in [2.45, 2.75) is 45.1 Å². The molecule has 1 aromatic rings. The summed E-state index contributed by atoms with van der Waals surface area (Å²) in [7, 11) is 1.48. The highest BCUT2D eigenvalue weighted by atomic mass is 19.1. The van der Waals surface area contributed by atoms with E-state index in [1.807, 2.05) is 6.07 Å². The molecule has 1 saturated carbocycles. The number of benzene rings is 1. The zero-order valence-corrected chi connectivity index (χ0v) is 12.1. The van der Waals surface area contributed by atoms with Crippen LogP contribution < -0.4 is 10.5 Å². The number of nitrogens with two attached hydrogens (primary N) is 1. The van der Waals surface area contributed by atoms with Crippen molar-refractivity contribution in [1.29, 1.82) is 0 Å². The Balaban J connectivity index is 2.26. The molecule has 0 saturated heterocycles. The minimum Gasteiger partial charge on any atom is -0.494 e. The van der Waals surface area contributed by atoms with Gasteiger partial charge in [-0.2, -0.15) is 0 Å². The summed E-state index contributed by atoms with van der Waals surface area (Å²) in [5.41, 5.74) is 7.07. The second-order valence-electron chi connectivity index (χ2n) is 6.11. The lowest BCUT2D eigenvalue weighted by Gasteiger charge is -2.40. The summed E-state index contributed by atoms with van der Waals surface area (Å²) in [6.45, 7) is 4.48. The lowest BCUT2D eigenvalue weighted by Crippen LogP contribution is -2.42. The van der Waals surface area contributed by atoms with Gasteiger partial charge in [0.05, 0.1) is 7.11 Å². The Morgan fingerprint density at radius 1 is 1.42 bits per heavy atom. The number of halogens is 1. The Morgan fingerprint density at radius 3 is 2.74 bits per heavy atom. The Morgan fingerprint density at radius 2 is 2.16 bits per heavy atom. The smallest absolute Gasteiger partial charge is 0.165 e. The van der Waals surface area contributed by atoms with E-state index in [1.54, 1.807) is 12.1 Å². The molecule has 0 aliphatic heterocycles. The maximum absolute atomic E-state index is 13.9. The Labute approximate surface area is 115 Å². The highest BCUT2D eigenvalue weighted by Gasteiger charge is 2.35. The fourth-order valence-corrected chi connectivity index (χ4v) is 3.16. The topological polar surface area (TPSA) is 35.2 Å². The predicted octanol–water partition coefficient (Wildman–Crippen LogP) is 3.83. The molecule has 0 spiro atoms. The van der Waals surface area contributed by atoms with E-state index >= 15 is 0 Å². The zero-order valence-electron chi connectivity index (χ0n) is 12.1. The first kappa shape index (κ1) is 14.3. The van der Waals surface area contributed by atoms with Gasteiger partial charge in [0, 0.05) is 5.54 Å². The van der Waals surface area contributed by atoms with Crippen LogP contribution in [0.15, 0.2) is 18.2 Å². The molecule has 0 bridgehead atoms. The minimum atomic E-state index is -0.389. The van der Waals surface area contributed by atoms with E-state index in [1.165, 1.54) is 13.5 Å². The second-order valence-corrected chi connectivity index (χ2v) is 6.11. The number of ether oxygens (including phenoxy) is 1. The van der Waals surface area contributed by atoms with Crippen molar-refractivity contribution in [3.05, 3.63) is 29.6 Å². The number of methoxy groups -OCH3 is 1. The molecule has 19 heavy (non-hydrogen) atoms. The van der Waals surface area contributed by atoms with Crippen LogP contribution in [0.1, 0.15) is 45.1 Å². The first-order valence-corrected chi connectivity index (χ1v) is 7.09. The molecule has 1 aliphatic carbocycles. The quantitative estimate of drug-likeness (QED) is 0.901. The molecule has 3 heteroatoms. The van der Waals surface area contributed by atoms with Gasteiger partial charge >= 0.3 is 0 Å². The van der Waals surface area contributed by atoms with Crippen LogP contribution in [0.5, 0.6) is 5.75 Å². The Hall–Kier alpha value is -1.09. The van der Waals surface area contributed by atoms with Crippen LogP contribution in [0, 0.1) is 17.7 Å². The van der Waals surface area contributed by atoms with Gasteiger partial charge in [-0.15, -0.1) is 0 Å². The van der Waals surface area contributed by atoms with Crippen LogP contribution in [0.2, 0.25) is 0 Å². The number of rotatable bonds is 3. The Bertz CT molecular complexity index is 446. The molecule has 1 aliphatic rings. The molecule has 2 N–H and O–H groups in total. The summed E-state index contributed by atoms with van der Waals surface area (Å²) in [6.07, 6.45) is 4.22. The van der Waals surface area contributed by atoms with Gasteiger partial charge < -0.3 is 10.5 Å². The average Bonchev–Trinajstić information content (AvgIpc) is 2.38. The van der Waals surface area contributed by atoms with Crippen LogP contribution in [-0.4, -0.2) is 7.11 Å². The third-order valence-corrected chi connectivity index (χ3v) is 4.49. The van der Waals surface area contributed by atoms with E-state index in [0.717, 1.165) is 24.8 Å². The first-order chi connectivity index (χ1) is 8.96. The lowest BCUT2D eigenvalue weighted by molar-refractivity contribution is 0.183. The fourth-order valence-electron chi connectivity index (χ4n) is 3.16. The molecule has 106 valence electrons. The van der Waals surface area contributed by atoms with Crippen LogP contribution >= 0.6 is 0 Å². The van der Waals surface area contributed by atoms with E-state index in [4.69, 9.17) is 10.5 Å². The standard InChI is InChI=1S/C16H24FNO/c1-11(2)12-5-4-8-16(18,10-12)13-6-7-15(19-3)14(17)9-13/h6-7,9,11-12H,4-5,8,10,18H2,1-3H3.